The number of esters is 1. The number of rotatable bonds is 4. The SMILES string of the molecule is CCOC(=O)c1nc(CC)n(-c2cc(C)ccc2C)c1N. The van der Waals surface area contributed by atoms with Crippen molar-refractivity contribution in [2.24, 2.45) is 0 Å². The predicted octanol–water partition coefficient (Wildman–Crippen LogP) is 2.81. The van der Waals surface area contributed by atoms with Crippen molar-refractivity contribution in [1.29, 1.82) is 0 Å². The maximum absolute atomic E-state index is 12.0. The van der Waals surface area contributed by atoms with Gasteiger partial charge in [0.1, 0.15) is 11.6 Å². The zero-order valence-corrected chi connectivity index (χ0v) is 12.9. The van der Waals surface area contributed by atoms with Crippen molar-refractivity contribution in [3.8, 4) is 5.69 Å². The highest BCUT2D eigenvalue weighted by Gasteiger charge is 2.22. The number of aryl methyl sites for hydroxylation is 3. The highest BCUT2D eigenvalue weighted by atomic mass is 16.5. The monoisotopic (exact) mass is 287 g/mol. The number of nitrogens with two attached hydrogens (primary N) is 1. The van der Waals surface area contributed by atoms with Crippen LogP contribution < -0.4 is 5.73 Å². The Morgan fingerprint density at radius 3 is 2.67 bits per heavy atom. The molecule has 0 radical (unpaired) electrons. The molecule has 1 heterocycles. The Hall–Kier alpha value is -2.30. The van der Waals surface area contributed by atoms with E-state index in [9.17, 15) is 4.79 Å². The van der Waals surface area contributed by atoms with Gasteiger partial charge in [0.2, 0.25) is 0 Å². The lowest BCUT2D eigenvalue weighted by molar-refractivity contribution is 0.0521. The standard InChI is InChI=1S/C16H21N3O2/c1-5-13-18-14(16(20)21-6-2)15(17)19(13)12-9-10(3)7-8-11(12)4/h7-9H,5-6,17H2,1-4H3. The fourth-order valence-corrected chi connectivity index (χ4v) is 2.30. The van der Waals surface area contributed by atoms with Crippen molar-refractivity contribution in [1.82, 2.24) is 9.55 Å². The fourth-order valence-electron chi connectivity index (χ4n) is 2.30. The number of carbonyl (C=O) groups excluding carboxylic acids is 1. The predicted molar refractivity (Wildman–Crippen MR) is 82.8 cm³/mol. The van der Waals surface area contributed by atoms with Crippen LogP contribution in [0, 0.1) is 13.8 Å². The molecule has 2 rings (SSSR count). The number of anilines is 1. The smallest absolute Gasteiger partial charge is 0.360 e. The molecule has 0 bridgehead atoms. The normalized spacial score (nSPS) is 10.7. The Morgan fingerprint density at radius 1 is 1.33 bits per heavy atom. The largest absolute Gasteiger partial charge is 0.461 e. The minimum atomic E-state index is -0.478. The lowest BCUT2D eigenvalue weighted by atomic mass is 10.1. The van der Waals surface area contributed by atoms with Gasteiger partial charge in [-0.25, -0.2) is 9.78 Å². The topological polar surface area (TPSA) is 70.1 Å². The van der Waals surface area contributed by atoms with Crippen LogP contribution in [0.2, 0.25) is 0 Å². The van der Waals surface area contributed by atoms with Crippen LogP contribution in [0.3, 0.4) is 0 Å². The summed E-state index contributed by atoms with van der Waals surface area (Å²) in [5.41, 5.74) is 9.51. The summed E-state index contributed by atoms with van der Waals surface area (Å²) in [6, 6.07) is 6.12. The summed E-state index contributed by atoms with van der Waals surface area (Å²) in [5.74, 6) is 0.608. The molecular weight excluding hydrogens is 266 g/mol. The molecule has 1 aromatic heterocycles. The first kappa shape index (κ1) is 15.1. The Morgan fingerprint density at radius 2 is 2.05 bits per heavy atom. The number of hydrogen-bond acceptors (Lipinski definition) is 4. The zero-order chi connectivity index (χ0) is 15.6. The van der Waals surface area contributed by atoms with E-state index in [2.05, 4.69) is 4.98 Å². The average molecular weight is 287 g/mol. The summed E-state index contributed by atoms with van der Waals surface area (Å²) in [5, 5.41) is 0. The van der Waals surface area contributed by atoms with Crippen LogP contribution in [-0.4, -0.2) is 22.1 Å². The lowest BCUT2D eigenvalue weighted by Crippen LogP contribution is -2.10. The molecule has 0 saturated heterocycles. The fraction of sp³-hybridized carbons (Fsp3) is 0.375. The van der Waals surface area contributed by atoms with Crippen LogP contribution in [0.5, 0.6) is 0 Å². The third-order valence-electron chi connectivity index (χ3n) is 3.37. The summed E-state index contributed by atoms with van der Waals surface area (Å²) < 4.78 is 6.86. The van der Waals surface area contributed by atoms with Crippen LogP contribution in [-0.2, 0) is 11.2 Å². The molecule has 0 spiro atoms. The van der Waals surface area contributed by atoms with E-state index in [4.69, 9.17) is 10.5 Å². The molecule has 0 saturated carbocycles. The van der Waals surface area contributed by atoms with Gasteiger partial charge in [0, 0.05) is 6.42 Å². The maximum atomic E-state index is 12.0. The number of carbonyl (C=O) groups is 1. The quantitative estimate of drug-likeness (QED) is 0.878. The zero-order valence-electron chi connectivity index (χ0n) is 12.9. The highest BCUT2D eigenvalue weighted by molar-refractivity contribution is 5.92. The number of aromatic nitrogens is 2. The number of nitrogens with zero attached hydrogens (tertiary/aromatic N) is 2. The van der Waals surface area contributed by atoms with Gasteiger partial charge >= 0.3 is 5.97 Å². The van der Waals surface area contributed by atoms with E-state index in [1.807, 2.05) is 43.5 Å². The molecule has 0 atom stereocenters. The van der Waals surface area contributed by atoms with E-state index in [0.29, 0.717) is 18.8 Å². The number of nitrogen functional groups attached to an aromatic ring is 1. The van der Waals surface area contributed by atoms with Crippen molar-refractivity contribution < 1.29 is 9.53 Å². The minimum Gasteiger partial charge on any atom is -0.461 e. The summed E-state index contributed by atoms with van der Waals surface area (Å²) in [6.45, 7) is 8.08. The van der Waals surface area contributed by atoms with Gasteiger partial charge in [-0.15, -0.1) is 0 Å². The van der Waals surface area contributed by atoms with Crippen LogP contribution in [0.25, 0.3) is 5.69 Å². The first-order valence-electron chi connectivity index (χ1n) is 7.11. The van der Waals surface area contributed by atoms with Crippen molar-refractivity contribution in [3.05, 3.63) is 40.8 Å². The molecule has 1 aromatic carbocycles. The molecule has 0 aliphatic heterocycles. The molecule has 0 fully saturated rings. The highest BCUT2D eigenvalue weighted by Crippen LogP contribution is 2.25. The first-order valence-corrected chi connectivity index (χ1v) is 7.11. The van der Waals surface area contributed by atoms with Crippen molar-refractivity contribution >= 4 is 11.8 Å². The molecule has 112 valence electrons. The molecule has 2 aromatic rings. The van der Waals surface area contributed by atoms with Crippen LogP contribution in [0.4, 0.5) is 5.82 Å². The molecule has 0 aliphatic rings. The van der Waals surface area contributed by atoms with Gasteiger partial charge in [0.15, 0.2) is 5.69 Å². The van der Waals surface area contributed by atoms with Gasteiger partial charge in [0.25, 0.3) is 0 Å². The molecule has 2 N–H and O–H groups in total. The summed E-state index contributed by atoms with van der Waals surface area (Å²) in [4.78, 5) is 16.3. The van der Waals surface area contributed by atoms with Crippen molar-refractivity contribution in [2.45, 2.75) is 34.1 Å². The van der Waals surface area contributed by atoms with E-state index < -0.39 is 5.97 Å². The van der Waals surface area contributed by atoms with Gasteiger partial charge in [-0.2, -0.15) is 0 Å². The molecule has 0 aliphatic carbocycles. The Labute approximate surface area is 124 Å². The Balaban J connectivity index is 2.63. The van der Waals surface area contributed by atoms with E-state index in [-0.39, 0.29) is 5.69 Å². The maximum Gasteiger partial charge on any atom is 0.360 e. The second-order valence-electron chi connectivity index (χ2n) is 4.96. The van der Waals surface area contributed by atoms with E-state index in [0.717, 1.165) is 22.6 Å². The second-order valence-corrected chi connectivity index (χ2v) is 4.96. The van der Waals surface area contributed by atoms with E-state index in [1.165, 1.54) is 0 Å². The second kappa shape index (κ2) is 5.99. The van der Waals surface area contributed by atoms with Crippen LogP contribution >= 0.6 is 0 Å². The van der Waals surface area contributed by atoms with Gasteiger partial charge in [-0.3, -0.25) is 4.57 Å². The number of imidazole rings is 1. The average Bonchev–Trinajstić information content (AvgIpc) is 2.78. The summed E-state index contributed by atoms with van der Waals surface area (Å²) in [6.07, 6.45) is 0.678. The van der Waals surface area contributed by atoms with Crippen molar-refractivity contribution in [2.75, 3.05) is 12.3 Å². The molecule has 21 heavy (non-hydrogen) atoms. The van der Waals surface area contributed by atoms with Gasteiger partial charge < -0.3 is 10.5 Å². The Bertz CT molecular complexity index is 674. The third-order valence-corrected chi connectivity index (χ3v) is 3.37. The van der Waals surface area contributed by atoms with E-state index >= 15 is 0 Å². The van der Waals surface area contributed by atoms with Crippen LogP contribution in [0.1, 0.15) is 41.3 Å². The summed E-state index contributed by atoms with van der Waals surface area (Å²) >= 11 is 0. The van der Waals surface area contributed by atoms with Crippen molar-refractivity contribution in [3.63, 3.8) is 0 Å². The van der Waals surface area contributed by atoms with E-state index in [1.54, 1.807) is 6.92 Å². The number of hydrogen-bond donors (Lipinski definition) is 1. The summed E-state index contributed by atoms with van der Waals surface area (Å²) in [7, 11) is 0. The van der Waals surface area contributed by atoms with Crippen LogP contribution in [0.15, 0.2) is 18.2 Å². The lowest BCUT2D eigenvalue weighted by Gasteiger charge is -2.12. The minimum absolute atomic E-state index is 0.189. The molecule has 0 unspecified atom stereocenters. The van der Waals surface area contributed by atoms with Gasteiger partial charge in [-0.05, 0) is 38.0 Å². The number of ether oxygens (including phenoxy) is 1. The van der Waals surface area contributed by atoms with Gasteiger partial charge in [0.05, 0.1) is 12.3 Å². The molecule has 0 amide bonds. The number of benzene rings is 1. The Kier molecular flexibility index (Phi) is 4.31. The first-order chi connectivity index (χ1) is 9.99. The third kappa shape index (κ3) is 2.77. The molecule has 5 nitrogen and oxygen atoms in total. The molecular formula is C16H21N3O2. The molecule has 5 heteroatoms. The van der Waals surface area contributed by atoms with Gasteiger partial charge in [-0.1, -0.05) is 19.1 Å².